The summed E-state index contributed by atoms with van der Waals surface area (Å²) in [6.07, 6.45) is 0. The molecule has 3 rings (SSSR count). The van der Waals surface area contributed by atoms with Gasteiger partial charge in [-0.1, -0.05) is 29.8 Å². The van der Waals surface area contributed by atoms with Crippen LogP contribution >= 0.6 is 11.6 Å². The molecule has 1 N–H and O–H groups in total. The van der Waals surface area contributed by atoms with Crippen LogP contribution in [0.25, 0.3) is 10.9 Å². The number of fused-ring (bicyclic) bond motifs is 1. The molecule has 1 aromatic heterocycles. The van der Waals surface area contributed by atoms with Gasteiger partial charge in [-0.25, -0.2) is 4.98 Å². The molecule has 1 fully saturated rings. The van der Waals surface area contributed by atoms with Gasteiger partial charge < -0.3 is 5.32 Å². The number of aromatic nitrogens is 1. The lowest BCUT2D eigenvalue weighted by molar-refractivity contribution is 0.189. The normalized spacial score (nSPS) is 19.9. The van der Waals surface area contributed by atoms with E-state index in [4.69, 9.17) is 11.6 Å². The lowest BCUT2D eigenvalue weighted by Gasteiger charge is -2.32. The van der Waals surface area contributed by atoms with Gasteiger partial charge in [0.25, 0.3) is 0 Å². The molecule has 0 aliphatic carbocycles. The molecule has 1 unspecified atom stereocenters. The zero-order valence-electron chi connectivity index (χ0n) is 11.0. The van der Waals surface area contributed by atoms with Crippen LogP contribution in [0, 0.1) is 11.3 Å². The van der Waals surface area contributed by atoms with Gasteiger partial charge in [0, 0.05) is 37.1 Å². The van der Waals surface area contributed by atoms with Crippen molar-refractivity contribution in [2.45, 2.75) is 12.6 Å². The molecule has 1 saturated heterocycles. The molecular weight excluding hydrogens is 272 g/mol. The fourth-order valence-electron chi connectivity index (χ4n) is 2.53. The lowest BCUT2D eigenvalue weighted by atomic mass is 10.1. The smallest absolute Gasteiger partial charge is 0.134 e. The van der Waals surface area contributed by atoms with Gasteiger partial charge in [-0.3, -0.25) is 4.90 Å². The maximum Gasteiger partial charge on any atom is 0.134 e. The number of benzene rings is 1. The van der Waals surface area contributed by atoms with E-state index in [1.54, 1.807) is 0 Å². The van der Waals surface area contributed by atoms with E-state index in [0.29, 0.717) is 18.2 Å². The van der Waals surface area contributed by atoms with Crippen LogP contribution in [0.3, 0.4) is 0 Å². The van der Waals surface area contributed by atoms with Crippen molar-refractivity contribution < 1.29 is 0 Å². The number of nitriles is 1. The first-order chi connectivity index (χ1) is 9.78. The van der Waals surface area contributed by atoms with E-state index in [-0.39, 0.29) is 6.04 Å². The van der Waals surface area contributed by atoms with Gasteiger partial charge in [-0.15, -0.1) is 0 Å². The number of para-hydroxylation sites is 1. The molecule has 1 atom stereocenters. The van der Waals surface area contributed by atoms with Gasteiger partial charge in [0.2, 0.25) is 0 Å². The molecule has 0 amide bonds. The number of nitrogens with one attached hydrogen (secondary N) is 1. The number of piperazine rings is 1. The van der Waals surface area contributed by atoms with Crippen molar-refractivity contribution in [3.05, 3.63) is 41.0 Å². The summed E-state index contributed by atoms with van der Waals surface area (Å²) in [5.41, 5.74) is 1.88. The summed E-state index contributed by atoms with van der Waals surface area (Å²) in [7, 11) is 0. The Morgan fingerprint density at radius 1 is 1.45 bits per heavy atom. The SMILES string of the molecule is N#CC1CNCCN1Cc1cc2ccccc2nc1Cl. The average Bonchev–Trinajstić information content (AvgIpc) is 2.48. The zero-order chi connectivity index (χ0) is 13.9. The number of pyridine rings is 1. The van der Waals surface area contributed by atoms with Crippen LogP contribution < -0.4 is 5.32 Å². The third kappa shape index (κ3) is 2.61. The van der Waals surface area contributed by atoms with Crippen LogP contribution in [0.5, 0.6) is 0 Å². The zero-order valence-corrected chi connectivity index (χ0v) is 11.8. The van der Waals surface area contributed by atoms with Gasteiger partial charge in [-0.2, -0.15) is 5.26 Å². The van der Waals surface area contributed by atoms with E-state index >= 15 is 0 Å². The molecule has 20 heavy (non-hydrogen) atoms. The van der Waals surface area contributed by atoms with Gasteiger partial charge in [-0.05, 0) is 12.1 Å². The molecule has 0 bridgehead atoms. The highest BCUT2D eigenvalue weighted by Gasteiger charge is 2.22. The molecule has 2 heterocycles. The van der Waals surface area contributed by atoms with E-state index in [1.807, 2.05) is 24.3 Å². The molecule has 1 aliphatic heterocycles. The Kier molecular flexibility index (Phi) is 3.83. The van der Waals surface area contributed by atoms with Crippen molar-refractivity contribution in [3.63, 3.8) is 0 Å². The molecule has 0 spiro atoms. The Balaban J connectivity index is 1.90. The second-order valence-corrected chi connectivity index (χ2v) is 5.31. The number of hydrogen-bond donors (Lipinski definition) is 1. The van der Waals surface area contributed by atoms with Crippen molar-refractivity contribution in [1.29, 1.82) is 5.26 Å². The predicted molar refractivity (Wildman–Crippen MR) is 79.4 cm³/mol. The Labute approximate surface area is 123 Å². The first-order valence-electron chi connectivity index (χ1n) is 6.66. The molecule has 2 aromatic rings. The van der Waals surface area contributed by atoms with Crippen LogP contribution in [0.1, 0.15) is 5.56 Å². The predicted octanol–water partition coefficient (Wildman–Crippen LogP) is 2.19. The summed E-state index contributed by atoms with van der Waals surface area (Å²) in [6.45, 7) is 3.11. The van der Waals surface area contributed by atoms with Crippen LogP contribution in [0.4, 0.5) is 0 Å². The summed E-state index contributed by atoms with van der Waals surface area (Å²) in [5.74, 6) is 0. The minimum absolute atomic E-state index is 0.105. The van der Waals surface area contributed by atoms with Gasteiger partial charge in [0.15, 0.2) is 0 Å². The van der Waals surface area contributed by atoms with E-state index in [2.05, 4.69) is 27.3 Å². The maximum absolute atomic E-state index is 9.20. The lowest BCUT2D eigenvalue weighted by Crippen LogP contribution is -2.50. The van der Waals surface area contributed by atoms with Crippen LogP contribution in [-0.2, 0) is 6.54 Å². The maximum atomic E-state index is 9.20. The van der Waals surface area contributed by atoms with Crippen molar-refractivity contribution in [3.8, 4) is 6.07 Å². The molecule has 102 valence electrons. The fraction of sp³-hybridized carbons (Fsp3) is 0.333. The van der Waals surface area contributed by atoms with Crippen molar-refractivity contribution in [2.75, 3.05) is 19.6 Å². The number of hydrogen-bond acceptors (Lipinski definition) is 4. The van der Waals surface area contributed by atoms with Crippen LogP contribution in [-0.4, -0.2) is 35.6 Å². The van der Waals surface area contributed by atoms with Crippen molar-refractivity contribution >= 4 is 22.5 Å². The first kappa shape index (κ1) is 13.3. The van der Waals surface area contributed by atoms with E-state index in [1.165, 1.54) is 0 Å². The monoisotopic (exact) mass is 286 g/mol. The topological polar surface area (TPSA) is 52.0 Å². The first-order valence-corrected chi connectivity index (χ1v) is 7.04. The molecule has 5 heteroatoms. The molecular formula is C15H15ClN4. The minimum Gasteiger partial charge on any atom is -0.313 e. The van der Waals surface area contributed by atoms with E-state index in [9.17, 15) is 5.26 Å². The van der Waals surface area contributed by atoms with Gasteiger partial charge >= 0.3 is 0 Å². The summed E-state index contributed by atoms with van der Waals surface area (Å²) >= 11 is 6.28. The second kappa shape index (κ2) is 5.76. The molecule has 1 aliphatic rings. The van der Waals surface area contributed by atoms with E-state index < -0.39 is 0 Å². The highest BCUT2D eigenvalue weighted by Crippen LogP contribution is 2.22. The Morgan fingerprint density at radius 2 is 2.30 bits per heavy atom. The van der Waals surface area contributed by atoms with Crippen molar-refractivity contribution in [1.82, 2.24) is 15.2 Å². The number of nitrogens with zero attached hydrogens (tertiary/aromatic N) is 3. The standard InChI is InChI=1S/C15H15ClN4/c16-15-12(7-11-3-1-2-4-14(11)19-15)10-20-6-5-18-9-13(20)8-17/h1-4,7,13,18H,5-6,9-10H2. The summed E-state index contributed by atoms with van der Waals surface area (Å²) in [4.78, 5) is 6.58. The largest absolute Gasteiger partial charge is 0.313 e. The van der Waals surface area contributed by atoms with E-state index in [0.717, 1.165) is 29.6 Å². The molecule has 0 saturated carbocycles. The van der Waals surface area contributed by atoms with Crippen molar-refractivity contribution in [2.24, 2.45) is 0 Å². The molecule has 1 aromatic carbocycles. The third-order valence-electron chi connectivity index (χ3n) is 3.63. The van der Waals surface area contributed by atoms with Crippen LogP contribution in [0.15, 0.2) is 30.3 Å². The third-order valence-corrected chi connectivity index (χ3v) is 3.95. The van der Waals surface area contributed by atoms with Gasteiger partial charge in [0.1, 0.15) is 11.2 Å². The highest BCUT2D eigenvalue weighted by molar-refractivity contribution is 6.30. The Hall–Kier alpha value is -1.67. The minimum atomic E-state index is -0.105. The van der Waals surface area contributed by atoms with Crippen LogP contribution in [0.2, 0.25) is 5.15 Å². The quantitative estimate of drug-likeness (QED) is 0.860. The molecule has 0 radical (unpaired) electrons. The fourth-order valence-corrected chi connectivity index (χ4v) is 2.73. The Morgan fingerprint density at radius 3 is 3.15 bits per heavy atom. The summed E-state index contributed by atoms with van der Waals surface area (Å²) < 4.78 is 0. The number of halogens is 1. The molecule has 4 nitrogen and oxygen atoms in total. The number of rotatable bonds is 2. The average molecular weight is 287 g/mol. The summed E-state index contributed by atoms with van der Waals surface area (Å²) in [6, 6.07) is 12.2. The van der Waals surface area contributed by atoms with Gasteiger partial charge in [0.05, 0.1) is 11.6 Å². The summed E-state index contributed by atoms with van der Waals surface area (Å²) in [5, 5.41) is 14.0. The highest BCUT2D eigenvalue weighted by atomic mass is 35.5. The second-order valence-electron chi connectivity index (χ2n) is 4.95. The Bertz CT molecular complexity index is 664.